The van der Waals surface area contributed by atoms with Crippen LogP contribution in [-0.4, -0.2) is 34.6 Å². The molecule has 130 valence electrons. The van der Waals surface area contributed by atoms with Crippen LogP contribution in [0.15, 0.2) is 15.5 Å². The van der Waals surface area contributed by atoms with E-state index in [4.69, 9.17) is 4.74 Å². The minimum absolute atomic E-state index is 0.149. The van der Waals surface area contributed by atoms with Crippen LogP contribution in [0, 0.1) is 0 Å². The van der Waals surface area contributed by atoms with Crippen molar-refractivity contribution in [2.75, 3.05) is 18.4 Å². The van der Waals surface area contributed by atoms with E-state index in [-0.39, 0.29) is 5.56 Å². The van der Waals surface area contributed by atoms with E-state index in [2.05, 4.69) is 31.7 Å². The van der Waals surface area contributed by atoms with Crippen molar-refractivity contribution in [3.8, 4) is 0 Å². The minimum atomic E-state index is -0.499. The molecule has 1 rings (SSSR count). The van der Waals surface area contributed by atoms with Gasteiger partial charge in [0.05, 0.1) is 11.9 Å². The fraction of sp³-hybridized carbons (Fsp3) is 0.667. The molecule has 0 radical (unpaired) electrons. The van der Waals surface area contributed by atoms with Crippen molar-refractivity contribution in [3.63, 3.8) is 0 Å². The smallest absolute Gasteiger partial charge is 0.407 e. The van der Waals surface area contributed by atoms with Crippen LogP contribution in [-0.2, 0) is 11.3 Å². The third-order valence-electron chi connectivity index (χ3n) is 2.76. The van der Waals surface area contributed by atoms with E-state index in [0.717, 1.165) is 6.42 Å². The van der Waals surface area contributed by atoms with Crippen molar-refractivity contribution in [3.05, 3.63) is 21.0 Å². The van der Waals surface area contributed by atoms with Gasteiger partial charge in [-0.15, -0.1) is 0 Å². The fourth-order valence-electron chi connectivity index (χ4n) is 1.78. The van der Waals surface area contributed by atoms with E-state index >= 15 is 0 Å². The number of ether oxygens (including phenoxy) is 1. The highest BCUT2D eigenvalue weighted by molar-refractivity contribution is 9.10. The van der Waals surface area contributed by atoms with E-state index in [1.807, 2.05) is 27.7 Å². The molecule has 0 aliphatic rings. The Balaban J connectivity index is 2.38. The first kappa shape index (κ1) is 19.5. The van der Waals surface area contributed by atoms with Gasteiger partial charge in [-0.05, 0) is 49.5 Å². The second-order valence-corrected chi connectivity index (χ2v) is 6.90. The van der Waals surface area contributed by atoms with Gasteiger partial charge in [-0.2, -0.15) is 5.10 Å². The Bertz CT molecular complexity index is 581. The molecule has 0 spiro atoms. The van der Waals surface area contributed by atoms with Gasteiger partial charge < -0.3 is 15.4 Å². The zero-order valence-corrected chi connectivity index (χ0v) is 15.7. The number of rotatable bonds is 7. The minimum Gasteiger partial charge on any atom is -0.444 e. The molecule has 0 bridgehead atoms. The number of hydrogen-bond acceptors (Lipinski definition) is 5. The van der Waals surface area contributed by atoms with Gasteiger partial charge in [0, 0.05) is 19.6 Å². The summed E-state index contributed by atoms with van der Waals surface area (Å²) in [6.07, 6.45) is 2.75. The van der Waals surface area contributed by atoms with Crippen LogP contribution in [0.2, 0.25) is 0 Å². The number of anilines is 1. The predicted octanol–water partition coefficient (Wildman–Crippen LogP) is 2.74. The summed E-state index contributed by atoms with van der Waals surface area (Å²) in [5, 5.41) is 9.93. The summed E-state index contributed by atoms with van der Waals surface area (Å²) in [7, 11) is 0. The maximum atomic E-state index is 12.0. The molecule has 7 nitrogen and oxygen atoms in total. The summed E-state index contributed by atoms with van der Waals surface area (Å²) in [4.78, 5) is 23.5. The van der Waals surface area contributed by atoms with Gasteiger partial charge in [0.15, 0.2) is 0 Å². The third kappa shape index (κ3) is 7.02. The van der Waals surface area contributed by atoms with E-state index < -0.39 is 11.7 Å². The number of alkyl carbamates (subject to hydrolysis) is 1. The Morgan fingerprint density at radius 3 is 2.70 bits per heavy atom. The van der Waals surface area contributed by atoms with Crippen LogP contribution >= 0.6 is 15.9 Å². The third-order valence-corrected chi connectivity index (χ3v) is 3.52. The largest absolute Gasteiger partial charge is 0.444 e. The number of nitrogens with one attached hydrogen (secondary N) is 2. The average molecular weight is 389 g/mol. The molecule has 1 aromatic rings. The van der Waals surface area contributed by atoms with Crippen LogP contribution < -0.4 is 16.2 Å². The van der Waals surface area contributed by atoms with Gasteiger partial charge in [-0.1, -0.05) is 6.92 Å². The molecule has 0 fully saturated rings. The molecule has 0 aromatic carbocycles. The maximum Gasteiger partial charge on any atom is 0.407 e. The molecule has 0 saturated heterocycles. The lowest BCUT2D eigenvalue weighted by Crippen LogP contribution is -2.33. The quantitative estimate of drug-likeness (QED) is 0.701. The Labute approximate surface area is 144 Å². The first-order valence-electron chi connectivity index (χ1n) is 7.71. The topological polar surface area (TPSA) is 85.2 Å². The van der Waals surface area contributed by atoms with Crippen LogP contribution in [0.4, 0.5) is 10.5 Å². The number of amides is 1. The molecule has 0 atom stereocenters. The highest BCUT2D eigenvalue weighted by Crippen LogP contribution is 2.15. The highest BCUT2D eigenvalue weighted by atomic mass is 79.9. The zero-order chi connectivity index (χ0) is 17.5. The normalized spacial score (nSPS) is 11.2. The first-order valence-corrected chi connectivity index (χ1v) is 8.50. The summed E-state index contributed by atoms with van der Waals surface area (Å²) in [5.41, 5.74) is 0.00439. The molecule has 0 saturated carbocycles. The fourth-order valence-corrected chi connectivity index (χ4v) is 2.22. The monoisotopic (exact) mass is 388 g/mol. The van der Waals surface area contributed by atoms with Crippen molar-refractivity contribution in [1.82, 2.24) is 15.1 Å². The van der Waals surface area contributed by atoms with Crippen molar-refractivity contribution < 1.29 is 9.53 Å². The van der Waals surface area contributed by atoms with Gasteiger partial charge >= 0.3 is 6.09 Å². The standard InChI is InChI=1S/C15H25BrN4O3/c1-5-9-20-13(21)12(16)11(10-19-20)17-7-6-8-18-14(22)23-15(2,3)4/h10,17H,5-9H2,1-4H3,(H,18,22). The predicted molar refractivity (Wildman–Crippen MR) is 93.8 cm³/mol. The Hall–Kier alpha value is -1.57. The van der Waals surface area contributed by atoms with Gasteiger partial charge in [-0.25, -0.2) is 9.48 Å². The van der Waals surface area contributed by atoms with E-state index in [1.54, 1.807) is 6.20 Å². The van der Waals surface area contributed by atoms with Gasteiger partial charge in [0.25, 0.3) is 5.56 Å². The van der Waals surface area contributed by atoms with Crippen molar-refractivity contribution >= 4 is 27.7 Å². The Morgan fingerprint density at radius 1 is 1.39 bits per heavy atom. The molecule has 8 heteroatoms. The summed E-state index contributed by atoms with van der Waals surface area (Å²) in [6.45, 7) is 9.13. The molecular formula is C15H25BrN4O3. The molecule has 1 heterocycles. The van der Waals surface area contributed by atoms with Gasteiger partial charge in [0.1, 0.15) is 10.1 Å². The number of aryl methyl sites for hydroxylation is 1. The van der Waals surface area contributed by atoms with Crippen molar-refractivity contribution in [2.24, 2.45) is 0 Å². The number of carbonyl (C=O) groups excluding carboxylic acids is 1. The van der Waals surface area contributed by atoms with E-state index in [9.17, 15) is 9.59 Å². The average Bonchev–Trinajstić information content (AvgIpc) is 2.44. The summed E-state index contributed by atoms with van der Waals surface area (Å²) < 4.78 is 7.04. The van der Waals surface area contributed by atoms with Crippen LogP contribution in [0.3, 0.4) is 0 Å². The summed E-state index contributed by atoms with van der Waals surface area (Å²) in [6, 6.07) is 0. The second-order valence-electron chi connectivity index (χ2n) is 6.11. The molecule has 1 amide bonds. The Kier molecular flexibility index (Phi) is 7.54. The highest BCUT2D eigenvalue weighted by Gasteiger charge is 2.15. The van der Waals surface area contributed by atoms with Crippen molar-refractivity contribution in [2.45, 2.75) is 52.7 Å². The van der Waals surface area contributed by atoms with Crippen molar-refractivity contribution in [1.29, 1.82) is 0 Å². The molecule has 2 N–H and O–H groups in total. The summed E-state index contributed by atoms with van der Waals surface area (Å²) >= 11 is 3.30. The van der Waals surface area contributed by atoms with Crippen LogP contribution in [0.1, 0.15) is 40.5 Å². The maximum absolute atomic E-state index is 12.0. The first-order chi connectivity index (χ1) is 10.7. The molecule has 0 unspecified atom stereocenters. The van der Waals surface area contributed by atoms with E-state index in [1.165, 1.54) is 4.68 Å². The van der Waals surface area contributed by atoms with Gasteiger partial charge in [0.2, 0.25) is 0 Å². The second kappa shape index (κ2) is 8.90. The number of carbonyl (C=O) groups is 1. The lowest BCUT2D eigenvalue weighted by Gasteiger charge is -2.19. The molecule has 0 aliphatic carbocycles. The number of halogens is 1. The number of hydrogen-bond donors (Lipinski definition) is 2. The van der Waals surface area contributed by atoms with Gasteiger partial charge in [-0.3, -0.25) is 4.79 Å². The molecule has 1 aromatic heterocycles. The molecular weight excluding hydrogens is 364 g/mol. The zero-order valence-electron chi connectivity index (χ0n) is 14.1. The van der Waals surface area contributed by atoms with Crippen LogP contribution in [0.25, 0.3) is 0 Å². The van der Waals surface area contributed by atoms with Crippen LogP contribution in [0.5, 0.6) is 0 Å². The molecule has 23 heavy (non-hydrogen) atoms. The number of aromatic nitrogens is 2. The number of nitrogens with zero attached hydrogens (tertiary/aromatic N) is 2. The summed E-state index contributed by atoms with van der Waals surface area (Å²) in [5.74, 6) is 0. The lowest BCUT2D eigenvalue weighted by atomic mass is 10.2. The Morgan fingerprint density at radius 2 is 2.09 bits per heavy atom. The SMILES string of the molecule is CCCn1ncc(NCCCNC(=O)OC(C)(C)C)c(Br)c1=O. The molecule has 0 aliphatic heterocycles. The lowest BCUT2D eigenvalue weighted by molar-refractivity contribution is 0.0528. The van der Waals surface area contributed by atoms with E-state index in [0.29, 0.717) is 36.2 Å².